The number of methoxy groups -OCH3 is 1. The van der Waals surface area contributed by atoms with Crippen molar-refractivity contribution in [2.75, 3.05) is 7.11 Å². The highest BCUT2D eigenvalue weighted by Gasteiger charge is 2.22. The van der Waals surface area contributed by atoms with E-state index >= 15 is 0 Å². The Kier molecular flexibility index (Phi) is 5.51. The van der Waals surface area contributed by atoms with E-state index < -0.39 is 0 Å². The van der Waals surface area contributed by atoms with Crippen LogP contribution < -0.4 is 11.3 Å². The van der Waals surface area contributed by atoms with Crippen LogP contribution in [0.15, 0.2) is 48.5 Å². The lowest BCUT2D eigenvalue weighted by molar-refractivity contribution is 0.0678. The Morgan fingerprint density at radius 3 is 2.43 bits per heavy atom. The van der Waals surface area contributed by atoms with Gasteiger partial charge in [0, 0.05) is 7.11 Å². The standard InChI is InChI=1S/C18H24N2O/c1-13-9-10-14(2)16(11-13)12-17(20-19)18(21-3)15-7-5-4-6-8-15/h4-11,17-18,20H,12,19H2,1-3H3. The maximum atomic E-state index is 5.79. The van der Waals surface area contributed by atoms with Gasteiger partial charge in [0.1, 0.15) is 0 Å². The molecule has 0 heterocycles. The normalized spacial score (nSPS) is 13.9. The lowest BCUT2D eigenvalue weighted by Gasteiger charge is -2.26. The Balaban J connectivity index is 2.24. The van der Waals surface area contributed by atoms with Crippen molar-refractivity contribution in [2.45, 2.75) is 32.4 Å². The largest absolute Gasteiger partial charge is 0.375 e. The SMILES string of the molecule is COC(c1ccccc1)C(Cc1cc(C)ccc1C)NN. The first-order chi connectivity index (χ1) is 10.2. The summed E-state index contributed by atoms with van der Waals surface area (Å²) in [5.74, 6) is 5.79. The van der Waals surface area contributed by atoms with Crippen molar-refractivity contribution in [3.8, 4) is 0 Å². The predicted molar refractivity (Wildman–Crippen MR) is 86.9 cm³/mol. The zero-order valence-electron chi connectivity index (χ0n) is 13.0. The molecule has 0 saturated carbocycles. The van der Waals surface area contributed by atoms with Crippen LogP contribution in [0.5, 0.6) is 0 Å². The number of benzene rings is 2. The minimum absolute atomic E-state index is 0.0258. The van der Waals surface area contributed by atoms with Crippen molar-refractivity contribution >= 4 is 0 Å². The van der Waals surface area contributed by atoms with Crippen molar-refractivity contribution in [3.05, 3.63) is 70.8 Å². The Morgan fingerprint density at radius 1 is 1.10 bits per heavy atom. The molecule has 0 radical (unpaired) electrons. The van der Waals surface area contributed by atoms with Crippen molar-refractivity contribution in [3.63, 3.8) is 0 Å². The van der Waals surface area contributed by atoms with Gasteiger partial charge in [-0.3, -0.25) is 11.3 Å². The smallest absolute Gasteiger partial charge is 0.0990 e. The Morgan fingerprint density at radius 2 is 1.81 bits per heavy atom. The monoisotopic (exact) mass is 284 g/mol. The van der Waals surface area contributed by atoms with E-state index in [2.05, 4.69) is 49.6 Å². The number of nitrogens with one attached hydrogen (secondary N) is 1. The number of nitrogens with two attached hydrogens (primary N) is 1. The molecular formula is C18H24N2O. The molecule has 3 N–H and O–H groups in total. The van der Waals surface area contributed by atoms with Gasteiger partial charge in [0.05, 0.1) is 12.1 Å². The van der Waals surface area contributed by atoms with Crippen molar-refractivity contribution in [2.24, 2.45) is 5.84 Å². The fourth-order valence-electron chi connectivity index (χ4n) is 2.69. The molecule has 0 bridgehead atoms. The van der Waals surface area contributed by atoms with E-state index in [1.54, 1.807) is 7.11 Å². The van der Waals surface area contributed by atoms with E-state index in [1.807, 2.05) is 18.2 Å². The summed E-state index contributed by atoms with van der Waals surface area (Å²) in [5.41, 5.74) is 7.90. The van der Waals surface area contributed by atoms with Gasteiger partial charge in [-0.15, -0.1) is 0 Å². The Hall–Kier alpha value is -1.68. The zero-order chi connectivity index (χ0) is 15.2. The average Bonchev–Trinajstić information content (AvgIpc) is 2.51. The fourth-order valence-corrected chi connectivity index (χ4v) is 2.69. The fraction of sp³-hybridized carbons (Fsp3) is 0.333. The zero-order valence-corrected chi connectivity index (χ0v) is 13.0. The minimum Gasteiger partial charge on any atom is -0.375 e. The van der Waals surface area contributed by atoms with Gasteiger partial charge >= 0.3 is 0 Å². The van der Waals surface area contributed by atoms with Gasteiger partial charge in [-0.05, 0) is 37.0 Å². The topological polar surface area (TPSA) is 47.3 Å². The van der Waals surface area contributed by atoms with Gasteiger partial charge in [0.15, 0.2) is 0 Å². The molecule has 2 unspecified atom stereocenters. The minimum atomic E-state index is -0.0730. The summed E-state index contributed by atoms with van der Waals surface area (Å²) in [7, 11) is 1.73. The molecule has 0 aliphatic carbocycles. The van der Waals surface area contributed by atoms with Gasteiger partial charge in [-0.2, -0.15) is 0 Å². The van der Waals surface area contributed by atoms with E-state index in [9.17, 15) is 0 Å². The van der Waals surface area contributed by atoms with Gasteiger partial charge in [0.2, 0.25) is 0 Å². The maximum absolute atomic E-state index is 5.79. The molecule has 2 rings (SSSR count). The predicted octanol–water partition coefficient (Wildman–Crippen LogP) is 3.07. The highest BCUT2D eigenvalue weighted by atomic mass is 16.5. The van der Waals surface area contributed by atoms with Crippen LogP contribution in [-0.2, 0) is 11.2 Å². The summed E-state index contributed by atoms with van der Waals surface area (Å²) in [6, 6.07) is 16.7. The van der Waals surface area contributed by atoms with Crippen molar-refractivity contribution < 1.29 is 4.74 Å². The number of rotatable bonds is 6. The number of ether oxygens (including phenoxy) is 1. The molecular weight excluding hydrogens is 260 g/mol. The summed E-state index contributed by atoms with van der Waals surface area (Å²) in [6.45, 7) is 4.24. The molecule has 2 aromatic rings. The molecule has 0 aliphatic rings. The lowest BCUT2D eigenvalue weighted by atomic mass is 9.93. The third kappa shape index (κ3) is 3.91. The summed E-state index contributed by atoms with van der Waals surface area (Å²) >= 11 is 0. The molecule has 0 aliphatic heterocycles. The van der Waals surface area contributed by atoms with E-state index in [4.69, 9.17) is 10.6 Å². The molecule has 0 spiro atoms. The second-order valence-corrected chi connectivity index (χ2v) is 5.47. The van der Waals surface area contributed by atoms with Crippen LogP contribution in [0.2, 0.25) is 0 Å². The third-order valence-corrected chi connectivity index (χ3v) is 3.91. The van der Waals surface area contributed by atoms with Crippen LogP contribution in [0.25, 0.3) is 0 Å². The third-order valence-electron chi connectivity index (χ3n) is 3.91. The Bertz CT molecular complexity index is 569. The Labute approximate surface area is 127 Å². The molecule has 2 atom stereocenters. The average molecular weight is 284 g/mol. The molecule has 0 fully saturated rings. The first-order valence-corrected chi connectivity index (χ1v) is 7.25. The van der Waals surface area contributed by atoms with Crippen LogP contribution in [0.4, 0.5) is 0 Å². The molecule has 3 nitrogen and oxygen atoms in total. The molecule has 0 amide bonds. The van der Waals surface area contributed by atoms with Crippen molar-refractivity contribution in [1.82, 2.24) is 5.43 Å². The first-order valence-electron chi connectivity index (χ1n) is 7.25. The summed E-state index contributed by atoms with van der Waals surface area (Å²) in [6.07, 6.45) is 0.758. The second kappa shape index (κ2) is 7.36. The van der Waals surface area contributed by atoms with Crippen LogP contribution in [0.3, 0.4) is 0 Å². The second-order valence-electron chi connectivity index (χ2n) is 5.47. The first kappa shape index (κ1) is 15.7. The summed E-state index contributed by atoms with van der Waals surface area (Å²) in [4.78, 5) is 0. The summed E-state index contributed by atoms with van der Waals surface area (Å²) < 4.78 is 5.69. The molecule has 112 valence electrons. The molecule has 0 aromatic heterocycles. The van der Waals surface area contributed by atoms with Gasteiger partial charge < -0.3 is 4.74 Å². The molecule has 0 saturated heterocycles. The van der Waals surface area contributed by atoms with Crippen LogP contribution in [0.1, 0.15) is 28.4 Å². The van der Waals surface area contributed by atoms with Gasteiger partial charge in [-0.1, -0.05) is 54.1 Å². The highest BCUT2D eigenvalue weighted by Crippen LogP contribution is 2.24. The van der Waals surface area contributed by atoms with E-state index in [0.29, 0.717) is 0 Å². The van der Waals surface area contributed by atoms with Crippen LogP contribution in [0, 0.1) is 13.8 Å². The van der Waals surface area contributed by atoms with Gasteiger partial charge in [0.25, 0.3) is 0 Å². The summed E-state index contributed by atoms with van der Waals surface area (Å²) in [5, 5.41) is 0. The number of aryl methyl sites for hydroxylation is 2. The highest BCUT2D eigenvalue weighted by molar-refractivity contribution is 5.32. The lowest BCUT2D eigenvalue weighted by Crippen LogP contribution is -2.42. The van der Waals surface area contributed by atoms with E-state index in [-0.39, 0.29) is 12.1 Å². The number of hydrazine groups is 1. The van der Waals surface area contributed by atoms with Gasteiger partial charge in [-0.25, -0.2) is 0 Å². The van der Waals surface area contributed by atoms with E-state index in [1.165, 1.54) is 16.7 Å². The van der Waals surface area contributed by atoms with E-state index in [0.717, 1.165) is 12.0 Å². The number of hydrogen-bond acceptors (Lipinski definition) is 3. The quantitative estimate of drug-likeness (QED) is 0.633. The number of hydrogen-bond donors (Lipinski definition) is 2. The van der Waals surface area contributed by atoms with Crippen LogP contribution in [-0.4, -0.2) is 13.2 Å². The van der Waals surface area contributed by atoms with Crippen molar-refractivity contribution in [1.29, 1.82) is 0 Å². The molecule has 2 aromatic carbocycles. The molecule has 21 heavy (non-hydrogen) atoms. The molecule has 3 heteroatoms. The maximum Gasteiger partial charge on any atom is 0.0990 e. The van der Waals surface area contributed by atoms with Crippen LogP contribution >= 0.6 is 0 Å².